The SMILES string of the molecule is O=c1[nH]c(=S)n(Cc2ccccc2Cl)c2c1CN(C1CCCCC1)CN2. The Morgan fingerprint density at radius 2 is 1.96 bits per heavy atom. The first-order chi connectivity index (χ1) is 12.6. The van der Waals surface area contributed by atoms with Crippen LogP contribution in [0.5, 0.6) is 0 Å². The Labute approximate surface area is 163 Å². The number of aromatic amines is 1. The summed E-state index contributed by atoms with van der Waals surface area (Å²) in [7, 11) is 0. The molecule has 26 heavy (non-hydrogen) atoms. The summed E-state index contributed by atoms with van der Waals surface area (Å²) in [6.07, 6.45) is 6.32. The van der Waals surface area contributed by atoms with E-state index in [-0.39, 0.29) is 5.56 Å². The number of hydrogen-bond donors (Lipinski definition) is 2. The van der Waals surface area contributed by atoms with E-state index in [9.17, 15) is 4.79 Å². The summed E-state index contributed by atoms with van der Waals surface area (Å²) in [5.74, 6) is 0.825. The molecule has 0 spiro atoms. The minimum Gasteiger partial charge on any atom is -0.358 e. The van der Waals surface area contributed by atoms with Crippen molar-refractivity contribution in [3.63, 3.8) is 0 Å². The van der Waals surface area contributed by atoms with Crippen LogP contribution in [-0.4, -0.2) is 27.2 Å². The highest BCUT2D eigenvalue weighted by Gasteiger charge is 2.28. The van der Waals surface area contributed by atoms with Gasteiger partial charge in [-0.15, -0.1) is 0 Å². The van der Waals surface area contributed by atoms with Crippen molar-refractivity contribution in [3.8, 4) is 0 Å². The van der Waals surface area contributed by atoms with Crippen molar-refractivity contribution in [2.24, 2.45) is 0 Å². The zero-order chi connectivity index (χ0) is 18.1. The molecule has 2 aliphatic rings. The van der Waals surface area contributed by atoms with E-state index in [1.807, 2.05) is 28.8 Å². The molecule has 0 amide bonds. The number of H-pyrrole nitrogens is 1. The van der Waals surface area contributed by atoms with Crippen molar-refractivity contribution >= 4 is 29.6 Å². The van der Waals surface area contributed by atoms with Gasteiger partial charge in [0.1, 0.15) is 5.82 Å². The van der Waals surface area contributed by atoms with E-state index in [0.29, 0.717) is 28.9 Å². The lowest BCUT2D eigenvalue weighted by Crippen LogP contribution is -2.45. The van der Waals surface area contributed by atoms with Gasteiger partial charge in [0.25, 0.3) is 5.56 Å². The molecular weight excluding hydrogens is 368 g/mol. The smallest absolute Gasteiger partial charge is 0.258 e. The second-order valence-corrected chi connectivity index (χ2v) is 7.93. The van der Waals surface area contributed by atoms with Crippen molar-refractivity contribution in [2.75, 3.05) is 12.0 Å². The van der Waals surface area contributed by atoms with Gasteiger partial charge in [-0.1, -0.05) is 49.1 Å². The van der Waals surface area contributed by atoms with Crippen LogP contribution in [0.3, 0.4) is 0 Å². The van der Waals surface area contributed by atoms with E-state index in [0.717, 1.165) is 23.6 Å². The fourth-order valence-electron chi connectivity index (χ4n) is 4.05. The van der Waals surface area contributed by atoms with Crippen LogP contribution in [0.1, 0.15) is 43.2 Å². The van der Waals surface area contributed by atoms with Gasteiger partial charge in [-0.25, -0.2) is 0 Å². The van der Waals surface area contributed by atoms with E-state index in [1.165, 1.54) is 32.1 Å². The first-order valence-corrected chi connectivity index (χ1v) is 9.99. The van der Waals surface area contributed by atoms with Crippen LogP contribution >= 0.6 is 23.8 Å². The van der Waals surface area contributed by atoms with Crippen LogP contribution in [0.4, 0.5) is 5.82 Å². The molecule has 1 aliphatic carbocycles. The quantitative estimate of drug-likeness (QED) is 0.774. The second-order valence-electron chi connectivity index (χ2n) is 7.14. The highest BCUT2D eigenvalue weighted by atomic mass is 35.5. The van der Waals surface area contributed by atoms with Crippen molar-refractivity contribution in [1.29, 1.82) is 0 Å². The molecule has 2 aromatic rings. The Hall–Kier alpha value is -1.63. The average molecular weight is 391 g/mol. The molecule has 138 valence electrons. The zero-order valence-electron chi connectivity index (χ0n) is 14.6. The average Bonchev–Trinajstić information content (AvgIpc) is 2.67. The molecule has 1 aromatic carbocycles. The molecule has 0 bridgehead atoms. The summed E-state index contributed by atoms with van der Waals surface area (Å²) in [6.45, 7) is 1.95. The number of rotatable bonds is 3. The lowest BCUT2D eigenvalue weighted by molar-refractivity contribution is 0.152. The molecule has 0 radical (unpaired) electrons. The third kappa shape index (κ3) is 3.46. The summed E-state index contributed by atoms with van der Waals surface area (Å²) in [5, 5.41) is 4.16. The maximum Gasteiger partial charge on any atom is 0.258 e. The van der Waals surface area contributed by atoms with Gasteiger partial charge in [0.15, 0.2) is 4.77 Å². The van der Waals surface area contributed by atoms with E-state index >= 15 is 0 Å². The molecular formula is C19H23ClN4OS. The highest BCUT2D eigenvalue weighted by Crippen LogP contribution is 2.28. The number of fused-ring (bicyclic) bond motifs is 1. The van der Waals surface area contributed by atoms with Crippen LogP contribution in [0.2, 0.25) is 5.02 Å². The predicted molar refractivity (Wildman–Crippen MR) is 107 cm³/mol. The molecule has 1 aromatic heterocycles. The number of hydrogen-bond acceptors (Lipinski definition) is 4. The molecule has 1 fully saturated rings. The summed E-state index contributed by atoms with van der Waals surface area (Å²) in [6, 6.07) is 8.29. The Bertz CT molecular complexity index is 916. The molecule has 0 saturated heterocycles. The monoisotopic (exact) mass is 390 g/mol. The van der Waals surface area contributed by atoms with E-state index in [2.05, 4.69) is 15.2 Å². The number of aromatic nitrogens is 2. The van der Waals surface area contributed by atoms with Gasteiger partial charge >= 0.3 is 0 Å². The first kappa shape index (κ1) is 17.8. The Morgan fingerprint density at radius 3 is 2.73 bits per heavy atom. The molecule has 1 aliphatic heterocycles. The molecule has 4 rings (SSSR count). The summed E-state index contributed by atoms with van der Waals surface area (Å²) in [5.41, 5.74) is 1.66. The molecule has 2 heterocycles. The van der Waals surface area contributed by atoms with E-state index < -0.39 is 0 Å². The molecule has 2 N–H and O–H groups in total. The van der Waals surface area contributed by atoms with Gasteiger partial charge in [-0.3, -0.25) is 14.7 Å². The van der Waals surface area contributed by atoms with Crippen LogP contribution in [0.25, 0.3) is 0 Å². The van der Waals surface area contributed by atoms with Gasteiger partial charge in [0, 0.05) is 17.6 Å². The minimum absolute atomic E-state index is 0.0894. The maximum atomic E-state index is 12.6. The Kier molecular flexibility index (Phi) is 5.16. The summed E-state index contributed by atoms with van der Waals surface area (Å²) in [4.78, 5) is 17.8. The van der Waals surface area contributed by atoms with Gasteiger partial charge < -0.3 is 9.88 Å². The first-order valence-electron chi connectivity index (χ1n) is 9.21. The van der Waals surface area contributed by atoms with Crippen molar-refractivity contribution in [3.05, 3.63) is 55.5 Å². The van der Waals surface area contributed by atoms with Crippen LogP contribution < -0.4 is 10.9 Å². The number of nitrogens with one attached hydrogen (secondary N) is 2. The molecule has 5 nitrogen and oxygen atoms in total. The van der Waals surface area contributed by atoms with Crippen LogP contribution in [0, 0.1) is 4.77 Å². The molecule has 0 unspecified atom stereocenters. The molecule has 1 saturated carbocycles. The van der Waals surface area contributed by atoms with Crippen molar-refractivity contribution in [2.45, 2.75) is 51.2 Å². The second kappa shape index (κ2) is 7.55. The fraction of sp³-hybridized carbons (Fsp3) is 0.474. The lowest BCUT2D eigenvalue weighted by atomic mass is 9.94. The predicted octanol–water partition coefficient (Wildman–Crippen LogP) is 4.13. The minimum atomic E-state index is -0.0894. The van der Waals surface area contributed by atoms with Crippen LogP contribution in [0.15, 0.2) is 29.1 Å². The van der Waals surface area contributed by atoms with E-state index in [4.69, 9.17) is 23.8 Å². The van der Waals surface area contributed by atoms with Gasteiger partial charge in [0.2, 0.25) is 0 Å². The number of nitrogens with zero attached hydrogens (tertiary/aromatic N) is 2. The number of benzene rings is 1. The Morgan fingerprint density at radius 1 is 1.19 bits per heavy atom. The summed E-state index contributed by atoms with van der Waals surface area (Å²) < 4.78 is 2.37. The fourth-order valence-corrected chi connectivity index (χ4v) is 4.49. The lowest BCUT2D eigenvalue weighted by Gasteiger charge is -2.38. The van der Waals surface area contributed by atoms with Crippen molar-refractivity contribution in [1.82, 2.24) is 14.5 Å². The van der Waals surface area contributed by atoms with Gasteiger partial charge in [0.05, 0.1) is 18.8 Å². The third-order valence-corrected chi connectivity index (χ3v) is 6.17. The van der Waals surface area contributed by atoms with Crippen LogP contribution in [-0.2, 0) is 13.1 Å². The van der Waals surface area contributed by atoms with Crippen molar-refractivity contribution < 1.29 is 0 Å². The van der Waals surface area contributed by atoms with E-state index in [1.54, 1.807) is 0 Å². The van der Waals surface area contributed by atoms with Gasteiger partial charge in [-0.2, -0.15) is 0 Å². The molecule has 7 heteroatoms. The Balaban J connectivity index is 1.67. The summed E-state index contributed by atoms with van der Waals surface area (Å²) >= 11 is 11.8. The third-order valence-electron chi connectivity index (χ3n) is 5.48. The zero-order valence-corrected chi connectivity index (χ0v) is 16.2. The topological polar surface area (TPSA) is 53.1 Å². The number of halogens is 1. The highest BCUT2D eigenvalue weighted by molar-refractivity contribution is 7.71. The normalized spacial score (nSPS) is 18.3. The largest absolute Gasteiger partial charge is 0.358 e. The van der Waals surface area contributed by atoms with Gasteiger partial charge in [-0.05, 0) is 36.7 Å². The molecule has 0 atom stereocenters. The number of anilines is 1. The maximum absolute atomic E-state index is 12.6. The standard InChI is InChI=1S/C19H23ClN4OS/c20-16-9-5-4-6-13(16)10-24-17-15(18(25)22-19(24)26)11-23(12-21-17)14-7-2-1-3-8-14/h4-6,9,14,21H,1-3,7-8,10-12H2,(H,22,25,26).